The van der Waals surface area contributed by atoms with Crippen LogP contribution in [-0.2, 0) is 16.1 Å². The van der Waals surface area contributed by atoms with Gasteiger partial charge in [0, 0.05) is 16.6 Å². The monoisotopic (exact) mass is 849 g/mol. The van der Waals surface area contributed by atoms with Crippen molar-refractivity contribution in [3.63, 3.8) is 0 Å². The third-order valence-corrected chi connectivity index (χ3v) is 9.87. The van der Waals surface area contributed by atoms with Gasteiger partial charge in [0.25, 0.3) is 11.2 Å². The fourth-order valence-corrected chi connectivity index (χ4v) is 7.52. The van der Waals surface area contributed by atoms with E-state index in [-0.39, 0.29) is 30.0 Å². The first-order valence-corrected chi connectivity index (χ1v) is 17.0. The van der Waals surface area contributed by atoms with Crippen LogP contribution in [0.4, 0.5) is 5.69 Å². The van der Waals surface area contributed by atoms with Crippen molar-refractivity contribution in [1.29, 1.82) is 0 Å². The number of non-ortho nitro benzene ring substituents is 1. The molecule has 0 bridgehead atoms. The van der Waals surface area contributed by atoms with Crippen LogP contribution in [-0.4, -0.2) is 43.4 Å². The molecule has 0 spiro atoms. The molecule has 4 aromatic rings. The van der Waals surface area contributed by atoms with Gasteiger partial charge in [0.05, 0.1) is 58.3 Å². The van der Waals surface area contributed by atoms with Gasteiger partial charge in [0.15, 0.2) is 27.8 Å². The predicted octanol–water partition coefficient (Wildman–Crippen LogP) is 5.68. The van der Waals surface area contributed by atoms with Crippen LogP contribution in [0.2, 0.25) is 0 Å². The number of ether oxygens (including phenoxy) is 5. The van der Waals surface area contributed by atoms with Crippen LogP contribution in [0, 0.1) is 13.7 Å². The molecule has 1 aromatic heterocycles. The third kappa shape index (κ3) is 6.98. The smallest absolute Gasteiger partial charge is 0.338 e. The first-order chi connectivity index (χ1) is 23.0. The lowest BCUT2D eigenvalue weighted by molar-refractivity contribution is -0.384. The SMILES string of the molecule is CCOC(=O)C1=C(C)N=c2s/c(=C\c3cc(I)c(OCc4ccc([N+](=O)[O-])cc4)c(OC)c3)c(=O)n2[C@H]1c1cc(OC)c(OC)cc1Br. The molecule has 250 valence electrons. The zero-order valence-corrected chi connectivity index (χ0v) is 30.9. The average molecular weight is 850 g/mol. The maximum atomic E-state index is 14.2. The van der Waals surface area contributed by atoms with Gasteiger partial charge >= 0.3 is 5.97 Å². The highest BCUT2D eigenvalue weighted by molar-refractivity contribution is 14.1. The molecule has 0 fully saturated rings. The van der Waals surface area contributed by atoms with E-state index in [1.54, 1.807) is 50.3 Å². The molecular formula is C33H29BrIN3O9S. The lowest BCUT2D eigenvalue weighted by atomic mass is 9.95. The zero-order valence-electron chi connectivity index (χ0n) is 26.4. The molecule has 12 nitrogen and oxygen atoms in total. The molecule has 0 saturated heterocycles. The molecular weight excluding hydrogens is 821 g/mol. The number of thiazole rings is 1. The molecule has 0 radical (unpaired) electrons. The predicted molar refractivity (Wildman–Crippen MR) is 191 cm³/mol. The Morgan fingerprint density at radius 2 is 1.75 bits per heavy atom. The van der Waals surface area contributed by atoms with Crippen LogP contribution in [0.5, 0.6) is 23.0 Å². The minimum atomic E-state index is -0.874. The highest BCUT2D eigenvalue weighted by atomic mass is 127. The highest BCUT2D eigenvalue weighted by Gasteiger charge is 2.35. The molecule has 0 saturated carbocycles. The summed E-state index contributed by atoms with van der Waals surface area (Å²) in [6.45, 7) is 3.74. The normalized spacial score (nSPS) is 14.2. The number of carbonyl (C=O) groups is 1. The number of esters is 1. The number of halogens is 2. The topological polar surface area (TPSA) is 141 Å². The number of rotatable bonds is 11. The molecule has 0 aliphatic carbocycles. The minimum absolute atomic E-state index is 0.00416. The summed E-state index contributed by atoms with van der Waals surface area (Å²) in [5.74, 6) is 1.25. The Bertz CT molecular complexity index is 2130. The van der Waals surface area contributed by atoms with Crippen molar-refractivity contribution in [2.45, 2.75) is 26.5 Å². The van der Waals surface area contributed by atoms with Crippen LogP contribution in [0.15, 0.2) is 74.1 Å². The summed E-state index contributed by atoms with van der Waals surface area (Å²) in [7, 11) is 4.55. The van der Waals surface area contributed by atoms with Gasteiger partial charge in [-0.25, -0.2) is 9.79 Å². The fraction of sp³-hybridized carbons (Fsp3) is 0.242. The van der Waals surface area contributed by atoms with E-state index in [2.05, 4.69) is 43.5 Å². The second-order valence-corrected chi connectivity index (χ2v) is 13.3. The molecule has 0 unspecified atom stereocenters. The number of nitro groups is 1. The van der Waals surface area contributed by atoms with E-state index in [1.807, 2.05) is 6.07 Å². The molecule has 0 N–H and O–H groups in total. The Morgan fingerprint density at radius 1 is 1.08 bits per heavy atom. The summed E-state index contributed by atoms with van der Waals surface area (Å²) in [5.41, 5.74) is 2.31. The number of carbonyl (C=O) groups excluding carboxylic acids is 1. The highest BCUT2D eigenvalue weighted by Crippen LogP contribution is 2.41. The van der Waals surface area contributed by atoms with Crippen molar-refractivity contribution in [3.8, 4) is 23.0 Å². The Hall–Kier alpha value is -4.22. The van der Waals surface area contributed by atoms with E-state index >= 15 is 0 Å². The quantitative estimate of drug-likeness (QED) is 0.0808. The van der Waals surface area contributed by atoms with Gasteiger partial charge in [0.2, 0.25) is 0 Å². The van der Waals surface area contributed by atoms with Gasteiger partial charge in [-0.2, -0.15) is 0 Å². The van der Waals surface area contributed by atoms with E-state index in [1.165, 1.54) is 49.4 Å². The van der Waals surface area contributed by atoms with Crippen molar-refractivity contribution in [2.75, 3.05) is 27.9 Å². The maximum absolute atomic E-state index is 14.2. The van der Waals surface area contributed by atoms with E-state index < -0.39 is 16.9 Å². The van der Waals surface area contributed by atoms with Crippen LogP contribution in [0.3, 0.4) is 0 Å². The summed E-state index contributed by atoms with van der Waals surface area (Å²) < 4.78 is 31.3. The molecule has 3 aromatic carbocycles. The van der Waals surface area contributed by atoms with Crippen molar-refractivity contribution in [1.82, 2.24) is 4.57 Å². The first-order valence-electron chi connectivity index (χ1n) is 14.4. The van der Waals surface area contributed by atoms with Crippen LogP contribution < -0.4 is 33.8 Å². The van der Waals surface area contributed by atoms with Crippen molar-refractivity contribution in [3.05, 3.63) is 114 Å². The van der Waals surface area contributed by atoms with E-state index in [0.717, 1.165) is 9.13 Å². The van der Waals surface area contributed by atoms with Crippen LogP contribution >= 0.6 is 49.9 Å². The van der Waals surface area contributed by atoms with Gasteiger partial charge in [-0.05, 0) is 95.6 Å². The largest absolute Gasteiger partial charge is 0.493 e. The Kier molecular flexibility index (Phi) is 10.9. The van der Waals surface area contributed by atoms with Crippen molar-refractivity contribution in [2.24, 2.45) is 4.99 Å². The van der Waals surface area contributed by atoms with Gasteiger partial charge in [-0.3, -0.25) is 19.5 Å². The number of aromatic nitrogens is 1. The summed E-state index contributed by atoms with van der Waals surface area (Å²) in [4.78, 5) is 43.1. The van der Waals surface area contributed by atoms with Crippen molar-refractivity contribution >= 4 is 67.6 Å². The summed E-state index contributed by atoms with van der Waals surface area (Å²) in [6.07, 6.45) is 1.73. The van der Waals surface area contributed by atoms with Crippen LogP contribution in [0.1, 0.15) is 36.6 Å². The number of fused-ring (bicyclic) bond motifs is 1. The molecule has 2 heterocycles. The van der Waals surface area contributed by atoms with E-state index in [4.69, 9.17) is 23.7 Å². The van der Waals surface area contributed by atoms with Gasteiger partial charge in [-0.1, -0.05) is 27.3 Å². The summed E-state index contributed by atoms with van der Waals surface area (Å²) >= 11 is 6.93. The standard InChI is InChI=1S/C33H29BrIN3O9S/c1-6-46-32(40)28-17(2)36-33-37(29(28)21-14-24(43-3)25(44-4)15-22(21)34)31(39)27(48-33)13-19-11-23(35)30(26(12-19)45-5)47-16-18-7-9-20(10-8-18)38(41)42/h7-15,29H,6,16H2,1-5H3/b27-13-/t29-/m0/s1. The summed E-state index contributed by atoms with van der Waals surface area (Å²) in [6, 6.07) is 12.3. The molecule has 5 rings (SSSR count). The van der Waals surface area contributed by atoms with Gasteiger partial charge in [0.1, 0.15) is 6.61 Å². The lowest BCUT2D eigenvalue weighted by Crippen LogP contribution is -2.40. The number of benzene rings is 3. The lowest BCUT2D eigenvalue weighted by Gasteiger charge is -2.26. The Balaban J connectivity index is 1.59. The second-order valence-electron chi connectivity index (χ2n) is 10.3. The Labute approximate surface area is 300 Å². The summed E-state index contributed by atoms with van der Waals surface area (Å²) in [5, 5.41) is 11.0. The van der Waals surface area contributed by atoms with E-state index in [0.29, 0.717) is 53.6 Å². The number of hydrogen-bond acceptors (Lipinski definition) is 11. The van der Waals surface area contributed by atoms with Gasteiger partial charge < -0.3 is 23.7 Å². The van der Waals surface area contributed by atoms with Gasteiger partial charge in [-0.15, -0.1) is 0 Å². The number of allylic oxidation sites excluding steroid dienone is 1. The number of nitrogens with zero attached hydrogens (tertiary/aromatic N) is 3. The first kappa shape index (κ1) is 35.1. The molecule has 48 heavy (non-hydrogen) atoms. The fourth-order valence-electron chi connectivity index (χ4n) is 5.15. The molecule has 1 aliphatic rings. The van der Waals surface area contributed by atoms with E-state index in [9.17, 15) is 19.7 Å². The van der Waals surface area contributed by atoms with Crippen LogP contribution in [0.25, 0.3) is 6.08 Å². The third-order valence-electron chi connectivity index (χ3n) is 7.39. The number of nitro benzene ring substituents is 1. The average Bonchev–Trinajstić information content (AvgIpc) is 3.36. The molecule has 15 heteroatoms. The molecule has 1 atom stereocenters. The van der Waals surface area contributed by atoms with Crippen molar-refractivity contribution < 1.29 is 33.4 Å². The maximum Gasteiger partial charge on any atom is 0.338 e. The number of methoxy groups -OCH3 is 3. The minimum Gasteiger partial charge on any atom is -0.493 e. The second kappa shape index (κ2) is 14.9. The Morgan fingerprint density at radius 3 is 2.38 bits per heavy atom. The molecule has 1 aliphatic heterocycles. The number of hydrogen-bond donors (Lipinski definition) is 0. The zero-order chi connectivity index (χ0) is 34.7. The molecule has 0 amide bonds.